The van der Waals surface area contributed by atoms with E-state index >= 15 is 0 Å². The summed E-state index contributed by atoms with van der Waals surface area (Å²) in [6, 6.07) is 5.23. The van der Waals surface area contributed by atoms with E-state index in [9.17, 15) is 4.39 Å². The van der Waals surface area contributed by atoms with E-state index in [4.69, 9.17) is 11.6 Å². The van der Waals surface area contributed by atoms with E-state index in [-0.39, 0.29) is 5.82 Å². The molecule has 1 aromatic rings. The Balaban J connectivity index is 2.10. The normalized spacial score (nSPS) is 20.6. The smallest absolute Gasteiger partial charge is 0.126 e. The highest BCUT2D eigenvalue weighted by atomic mass is 35.5. The standard InChI is InChI=1S/C13H18ClFN2/c1-2-16-12-4-3-5-17(9-12)13-7-10(14)6-11(15)8-13/h6-8,12,16H,2-5,9H2,1H3. The summed E-state index contributed by atoms with van der Waals surface area (Å²) in [6.07, 6.45) is 2.32. The van der Waals surface area contributed by atoms with Crippen LogP contribution < -0.4 is 10.2 Å². The van der Waals surface area contributed by atoms with Crippen LogP contribution in [-0.2, 0) is 0 Å². The summed E-state index contributed by atoms with van der Waals surface area (Å²) >= 11 is 5.88. The molecule has 1 saturated heterocycles. The third kappa shape index (κ3) is 3.33. The van der Waals surface area contributed by atoms with Gasteiger partial charge in [0, 0.05) is 29.8 Å². The fraction of sp³-hybridized carbons (Fsp3) is 0.538. The first-order valence-electron chi connectivity index (χ1n) is 6.13. The fourth-order valence-electron chi connectivity index (χ4n) is 2.39. The maximum atomic E-state index is 13.3. The fourth-order valence-corrected chi connectivity index (χ4v) is 2.60. The molecular weight excluding hydrogens is 239 g/mol. The van der Waals surface area contributed by atoms with Crippen molar-refractivity contribution in [1.29, 1.82) is 0 Å². The van der Waals surface area contributed by atoms with E-state index in [0.29, 0.717) is 11.1 Å². The van der Waals surface area contributed by atoms with Crippen molar-refractivity contribution in [3.63, 3.8) is 0 Å². The van der Waals surface area contributed by atoms with Gasteiger partial charge in [-0.3, -0.25) is 0 Å². The molecular formula is C13H18ClFN2. The Bertz CT molecular complexity index is 361. The molecule has 4 heteroatoms. The number of halogens is 2. The van der Waals surface area contributed by atoms with Crippen molar-refractivity contribution >= 4 is 17.3 Å². The summed E-state index contributed by atoms with van der Waals surface area (Å²) < 4.78 is 13.3. The van der Waals surface area contributed by atoms with Crippen LogP contribution in [0.15, 0.2) is 18.2 Å². The van der Waals surface area contributed by atoms with E-state index in [1.54, 1.807) is 6.07 Å². The van der Waals surface area contributed by atoms with Crippen LogP contribution in [0.5, 0.6) is 0 Å². The molecule has 1 heterocycles. The molecule has 2 rings (SSSR count). The van der Waals surface area contributed by atoms with E-state index in [1.807, 2.05) is 6.07 Å². The van der Waals surface area contributed by atoms with Crippen molar-refractivity contribution in [3.05, 3.63) is 29.0 Å². The van der Waals surface area contributed by atoms with Gasteiger partial charge >= 0.3 is 0 Å². The molecule has 1 aliphatic rings. The molecule has 0 bridgehead atoms. The quantitative estimate of drug-likeness (QED) is 0.894. The topological polar surface area (TPSA) is 15.3 Å². The third-order valence-corrected chi connectivity index (χ3v) is 3.34. The van der Waals surface area contributed by atoms with Gasteiger partial charge in [-0.15, -0.1) is 0 Å². The number of hydrogen-bond donors (Lipinski definition) is 1. The van der Waals surface area contributed by atoms with Crippen LogP contribution in [0.2, 0.25) is 5.02 Å². The lowest BCUT2D eigenvalue weighted by molar-refractivity contribution is 0.431. The summed E-state index contributed by atoms with van der Waals surface area (Å²) in [4.78, 5) is 2.20. The Morgan fingerprint density at radius 1 is 1.47 bits per heavy atom. The van der Waals surface area contributed by atoms with Gasteiger partial charge in [0.25, 0.3) is 0 Å². The number of hydrogen-bond acceptors (Lipinski definition) is 2. The minimum absolute atomic E-state index is 0.266. The molecule has 1 unspecified atom stereocenters. The molecule has 2 nitrogen and oxygen atoms in total. The van der Waals surface area contributed by atoms with Crippen LogP contribution in [-0.4, -0.2) is 25.7 Å². The Labute approximate surface area is 107 Å². The maximum Gasteiger partial charge on any atom is 0.126 e. The molecule has 1 atom stereocenters. The highest BCUT2D eigenvalue weighted by Crippen LogP contribution is 2.24. The van der Waals surface area contributed by atoms with E-state index < -0.39 is 0 Å². The summed E-state index contributed by atoms with van der Waals surface area (Å²) in [6.45, 7) is 4.98. The molecule has 1 aromatic carbocycles. The lowest BCUT2D eigenvalue weighted by atomic mass is 10.0. The Morgan fingerprint density at radius 2 is 2.29 bits per heavy atom. The minimum atomic E-state index is -0.266. The summed E-state index contributed by atoms with van der Waals surface area (Å²) in [7, 11) is 0. The molecule has 0 spiro atoms. The maximum absolute atomic E-state index is 13.3. The largest absolute Gasteiger partial charge is 0.370 e. The van der Waals surface area contributed by atoms with Crippen molar-refractivity contribution in [2.75, 3.05) is 24.5 Å². The van der Waals surface area contributed by atoms with Gasteiger partial charge in [-0.1, -0.05) is 18.5 Å². The second kappa shape index (κ2) is 5.69. The van der Waals surface area contributed by atoms with Crippen LogP contribution in [0.4, 0.5) is 10.1 Å². The predicted molar refractivity (Wildman–Crippen MR) is 70.3 cm³/mol. The van der Waals surface area contributed by atoms with Crippen molar-refractivity contribution in [2.45, 2.75) is 25.8 Å². The van der Waals surface area contributed by atoms with E-state index in [1.165, 1.54) is 12.5 Å². The third-order valence-electron chi connectivity index (χ3n) is 3.13. The molecule has 0 amide bonds. The van der Waals surface area contributed by atoms with Gasteiger partial charge in [0.1, 0.15) is 5.82 Å². The van der Waals surface area contributed by atoms with Gasteiger partial charge in [0.15, 0.2) is 0 Å². The zero-order valence-electron chi connectivity index (χ0n) is 10.0. The van der Waals surface area contributed by atoms with Gasteiger partial charge in [0.2, 0.25) is 0 Å². The summed E-state index contributed by atoms with van der Waals surface area (Å²) in [5.74, 6) is -0.266. The highest BCUT2D eigenvalue weighted by molar-refractivity contribution is 6.30. The van der Waals surface area contributed by atoms with Crippen molar-refractivity contribution < 1.29 is 4.39 Å². The molecule has 0 radical (unpaired) electrons. The van der Waals surface area contributed by atoms with Crippen LogP contribution in [0, 0.1) is 5.82 Å². The van der Waals surface area contributed by atoms with Gasteiger partial charge in [-0.05, 0) is 37.6 Å². The highest BCUT2D eigenvalue weighted by Gasteiger charge is 2.19. The van der Waals surface area contributed by atoms with E-state index in [2.05, 4.69) is 17.1 Å². The molecule has 0 saturated carbocycles. The van der Waals surface area contributed by atoms with Crippen molar-refractivity contribution in [3.8, 4) is 0 Å². The zero-order chi connectivity index (χ0) is 12.3. The molecule has 1 fully saturated rings. The number of likely N-dealkylation sites (N-methyl/N-ethyl adjacent to an activating group) is 1. The average Bonchev–Trinajstić information content (AvgIpc) is 2.28. The second-order valence-corrected chi connectivity index (χ2v) is 4.91. The first-order valence-corrected chi connectivity index (χ1v) is 6.51. The minimum Gasteiger partial charge on any atom is -0.370 e. The molecule has 1 aliphatic heterocycles. The van der Waals surface area contributed by atoms with Gasteiger partial charge in [0.05, 0.1) is 0 Å². The van der Waals surface area contributed by atoms with Crippen molar-refractivity contribution in [1.82, 2.24) is 5.32 Å². The number of benzene rings is 1. The van der Waals surface area contributed by atoms with Gasteiger partial charge in [-0.25, -0.2) is 4.39 Å². The monoisotopic (exact) mass is 256 g/mol. The Hall–Kier alpha value is -0.800. The Morgan fingerprint density at radius 3 is 3.00 bits per heavy atom. The number of nitrogens with zero attached hydrogens (tertiary/aromatic N) is 1. The second-order valence-electron chi connectivity index (χ2n) is 4.47. The molecule has 0 aromatic heterocycles. The van der Waals surface area contributed by atoms with Gasteiger partial charge in [-0.2, -0.15) is 0 Å². The molecule has 94 valence electrons. The zero-order valence-corrected chi connectivity index (χ0v) is 10.8. The molecule has 0 aliphatic carbocycles. The van der Waals surface area contributed by atoms with Crippen LogP contribution in [0.25, 0.3) is 0 Å². The number of rotatable bonds is 3. The lowest BCUT2D eigenvalue weighted by Gasteiger charge is -2.34. The first kappa shape index (κ1) is 12.7. The Kier molecular flexibility index (Phi) is 4.24. The summed E-state index contributed by atoms with van der Waals surface area (Å²) in [5.41, 5.74) is 0.887. The molecule has 1 N–H and O–H groups in total. The number of piperidine rings is 1. The average molecular weight is 257 g/mol. The van der Waals surface area contributed by atoms with E-state index in [0.717, 1.165) is 31.7 Å². The number of nitrogens with one attached hydrogen (secondary N) is 1. The van der Waals surface area contributed by atoms with Crippen molar-refractivity contribution in [2.24, 2.45) is 0 Å². The predicted octanol–water partition coefficient (Wildman–Crippen LogP) is 3.06. The van der Waals surface area contributed by atoms with Crippen LogP contribution in [0.3, 0.4) is 0 Å². The van der Waals surface area contributed by atoms with Crippen LogP contribution in [0.1, 0.15) is 19.8 Å². The van der Waals surface area contributed by atoms with Crippen LogP contribution >= 0.6 is 11.6 Å². The van der Waals surface area contributed by atoms with Gasteiger partial charge < -0.3 is 10.2 Å². The first-order chi connectivity index (χ1) is 8.19. The number of anilines is 1. The lowest BCUT2D eigenvalue weighted by Crippen LogP contribution is -2.45. The SMILES string of the molecule is CCNC1CCCN(c2cc(F)cc(Cl)c2)C1. The molecule has 17 heavy (non-hydrogen) atoms. The summed E-state index contributed by atoms with van der Waals surface area (Å²) in [5, 5.41) is 3.91.